The SMILES string of the molecule is COc1cccc(Cl)c1-c1nc(N)nc(N)n1. The van der Waals surface area contributed by atoms with Crippen LogP contribution in [0.1, 0.15) is 0 Å². The summed E-state index contributed by atoms with van der Waals surface area (Å²) >= 11 is 6.09. The lowest BCUT2D eigenvalue weighted by Gasteiger charge is -2.09. The number of nitrogens with zero attached hydrogens (tertiary/aromatic N) is 3. The van der Waals surface area contributed by atoms with Gasteiger partial charge in [-0.1, -0.05) is 17.7 Å². The number of hydrogen-bond acceptors (Lipinski definition) is 6. The highest BCUT2D eigenvalue weighted by Crippen LogP contribution is 2.34. The maximum absolute atomic E-state index is 6.09. The smallest absolute Gasteiger partial charge is 0.225 e. The first-order chi connectivity index (χ1) is 8.11. The lowest BCUT2D eigenvalue weighted by Crippen LogP contribution is -2.05. The van der Waals surface area contributed by atoms with Crippen LogP contribution in [-0.2, 0) is 0 Å². The van der Waals surface area contributed by atoms with Gasteiger partial charge in [-0.3, -0.25) is 0 Å². The molecule has 0 amide bonds. The highest BCUT2D eigenvalue weighted by molar-refractivity contribution is 6.33. The minimum Gasteiger partial charge on any atom is -0.496 e. The Morgan fingerprint density at radius 3 is 2.35 bits per heavy atom. The number of aromatic nitrogens is 3. The van der Waals surface area contributed by atoms with Crippen molar-refractivity contribution in [2.75, 3.05) is 18.6 Å². The van der Waals surface area contributed by atoms with Gasteiger partial charge in [0, 0.05) is 0 Å². The predicted molar refractivity (Wildman–Crippen MR) is 65.6 cm³/mol. The summed E-state index contributed by atoms with van der Waals surface area (Å²) in [5.41, 5.74) is 11.6. The Labute approximate surface area is 103 Å². The van der Waals surface area contributed by atoms with Gasteiger partial charge in [0.25, 0.3) is 0 Å². The van der Waals surface area contributed by atoms with Crippen molar-refractivity contribution in [3.63, 3.8) is 0 Å². The second-order valence-electron chi connectivity index (χ2n) is 3.19. The molecule has 1 aromatic heterocycles. The molecule has 0 unspecified atom stereocenters. The maximum atomic E-state index is 6.09. The van der Waals surface area contributed by atoms with Gasteiger partial charge in [-0.05, 0) is 12.1 Å². The summed E-state index contributed by atoms with van der Waals surface area (Å²) in [5, 5.41) is 0.453. The van der Waals surface area contributed by atoms with Gasteiger partial charge in [0.1, 0.15) is 5.75 Å². The van der Waals surface area contributed by atoms with Crippen LogP contribution in [0, 0.1) is 0 Å². The molecule has 2 aromatic rings. The third kappa shape index (κ3) is 2.21. The van der Waals surface area contributed by atoms with Gasteiger partial charge in [-0.25, -0.2) is 0 Å². The van der Waals surface area contributed by atoms with Crippen LogP contribution in [0.4, 0.5) is 11.9 Å². The molecule has 0 atom stereocenters. The molecule has 0 saturated carbocycles. The number of methoxy groups -OCH3 is 1. The summed E-state index contributed by atoms with van der Waals surface area (Å²) in [4.78, 5) is 11.7. The molecule has 0 aliphatic rings. The standard InChI is InChI=1S/C10H10ClN5O/c1-17-6-4-2-3-5(11)7(6)8-14-9(12)16-10(13)15-8/h2-4H,1H3,(H4,12,13,14,15,16). The van der Waals surface area contributed by atoms with Crippen LogP contribution < -0.4 is 16.2 Å². The molecule has 88 valence electrons. The molecule has 2 rings (SSSR count). The summed E-state index contributed by atoms with van der Waals surface area (Å²) < 4.78 is 5.19. The number of anilines is 2. The van der Waals surface area contributed by atoms with E-state index in [-0.39, 0.29) is 17.7 Å². The van der Waals surface area contributed by atoms with Crippen LogP contribution in [0.25, 0.3) is 11.4 Å². The highest BCUT2D eigenvalue weighted by Gasteiger charge is 2.14. The Morgan fingerprint density at radius 1 is 1.12 bits per heavy atom. The molecule has 1 aromatic carbocycles. The van der Waals surface area contributed by atoms with Gasteiger partial charge in [0.05, 0.1) is 17.7 Å². The van der Waals surface area contributed by atoms with Crippen molar-refractivity contribution in [1.82, 2.24) is 15.0 Å². The van der Waals surface area contributed by atoms with Crippen LogP contribution >= 0.6 is 11.6 Å². The van der Waals surface area contributed by atoms with Crippen molar-refractivity contribution >= 4 is 23.5 Å². The molecular formula is C10H10ClN5O. The van der Waals surface area contributed by atoms with Gasteiger partial charge >= 0.3 is 0 Å². The van der Waals surface area contributed by atoms with E-state index in [9.17, 15) is 0 Å². The molecule has 6 nitrogen and oxygen atoms in total. The van der Waals surface area contributed by atoms with Crippen molar-refractivity contribution in [3.8, 4) is 17.1 Å². The number of rotatable bonds is 2. The number of benzene rings is 1. The monoisotopic (exact) mass is 251 g/mol. The van der Waals surface area contributed by atoms with E-state index in [4.69, 9.17) is 27.8 Å². The topological polar surface area (TPSA) is 99.9 Å². The van der Waals surface area contributed by atoms with Gasteiger partial charge < -0.3 is 16.2 Å². The molecule has 0 saturated heterocycles. The van der Waals surface area contributed by atoms with Crippen molar-refractivity contribution in [3.05, 3.63) is 23.2 Å². The minimum atomic E-state index is 0.0365. The van der Waals surface area contributed by atoms with E-state index >= 15 is 0 Å². The fourth-order valence-electron chi connectivity index (χ4n) is 1.41. The highest BCUT2D eigenvalue weighted by atomic mass is 35.5. The average molecular weight is 252 g/mol. The molecule has 1 heterocycles. The van der Waals surface area contributed by atoms with Gasteiger partial charge in [0.2, 0.25) is 11.9 Å². The maximum Gasteiger partial charge on any atom is 0.225 e. The predicted octanol–water partition coefficient (Wildman–Crippen LogP) is 1.36. The van der Waals surface area contributed by atoms with E-state index in [0.29, 0.717) is 16.3 Å². The lowest BCUT2D eigenvalue weighted by molar-refractivity contribution is 0.416. The summed E-state index contributed by atoms with van der Waals surface area (Å²) in [6.07, 6.45) is 0. The number of nitrogen functional groups attached to an aromatic ring is 2. The summed E-state index contributed by atoms with van der Waals surface area (Å²) in [7, 11) is 1.53. The Morgan fingerprint density at radius 2 is 1.76 bits per heavy atom. The fraction of sp³-hybridized carbons (Fsp3) is 0.100. The number of hydrogen-bond donors (Lipinski definition) is 2. The van der Waals surface area contributed by atoms with Gasteiger partial charge in [-0.15, -0.1) is 0 Å². The Hall–Kier alpha value is -2.08. The molecule has 0 aliphatic heterocycles. The number of nitrogens with two attached hydrogens (primary N) is 2. The zero-order valence-electron chi connectivity index (χ0n) is 9.01. The van der Waals surface area contributed by atoms with Crippen LogP contribution in [0.2, 0.25) is 5.02 Å². The first-order valence-corrected chi connectivity index (χ1v) is 5.09. The van der Waals surface area contributed by atoms with Crippen LogP contribution in [-0.4, -0.2) is 22.1 Å². The zero-order chi connectivity index (χ0) is 12.4. The lowest BCUT2D eigenvalue weighted by atomic mass is 10.2. The molecular weight excluding hydrogens is 242 g/mol. The quantitative estimate of drug-likeness (QED) is 0.836. The van der Waals surface area contributed by atoms with Gasteiger partial charge in [0.15, 0.2) is 5.82 Å². The zero-order valence-corrected chi connectivity index (χ0v) is 9.77. The van der Waals surface area contributed by atoms with Crippen molar-refractivity contribution in [1.29, 1.82) is 0 Å². The first kappa shape index (κ1) is 11.4. The van der Waals surface area contributed by atoms with E-state index < -0.39 is 0 Å². The molecule has 0 aliphatic carbocycles. The first-order valence-electron chi connectivity index (χ1n) is 4.71. The van der Waals surface area contributed by atoms with E-state index in [1.807, 2.05) is 0 Å². The van der Waals surface area contributed by atoms with E-state index in [1.54, 1.807) is 18.2 Å². The van der Waals surface area contributed by atoms with Crippen molar-refractivity contribution in [2.45, 2.75) is 0 Å². The Bertz CT molecular complexity index is 540. The summed E-state index contributed by atoms with van der Waals surface area (Å²) in [6.45, 7) is 0. The van der Waals surface area contributed by atoms with Crippen molar-refractivity contribution < 1.29 is 4.74 Å². The molecule has 7 heteroatoms. The molecule has 0 fully saturated rings. The third-order valence-corrected chi connectivity index (χ3v) is 2.40. The Balaban J connectivity index is 2.67. The average Bonchev–Trinajstić information content (AvgIpc) is 2.27. The minimum absolute atomic E-state index is 0.0365. The second-order valence-corrected chi connectivity index (χ2v) is 3.60. The van der Waals surface area contributed by atoms with Crippen LogP contribution in [0.3, 0.4) is 0 Å². The van der Waals surface area contributed by atoms with E-state index in [0.717, 1.165) is 0 Å². The molecule has 4 N–H and O–H groups in total. The largest absolute Gasteiger partial charge is 0.496 e. The second kappa shape index (κ2) is 4.42. The fourth-order valence-corrected chi connectivity index (χ4v) is 1.66. The van der Waals surface area contributed by atoms with Gasteiger partial charge in [-0.2, -0.15) is 15.0 Å². The van der Waals surface area contributed by atoms with Crippen LogP contribution in [0.15, 0.2) is 18.2 Å². The van der Waals surface area contributed by atoms with E-state index in [2.05, 4.69) is 15.0 Å². The van der Waals surface area contributed by atoms with Crippen molar-refractivity contribution in [2.24, 2.45) is 0 Å². The molecule has 17 heavy (non-hydrogen) atoms. The Kier molecular flexibility index (Phi) is 2.97. The normalized spacial score (nSPS) is 10.2. The number of ether oxygens (including phenoxy) is 1. The summed E-state index contributed by atoms with van der Waals surface area (Å²) in [6, 6.07) is 5.21. The summed E-state index contributed by atoms with van der Waals surface area (Å²) in [5.74, 6) is 0.906. The number of halogens is 1. The molecule has 0 bridgehead atoms. The molecule has 0 radical (unpaired) electrons. The molecule has 0 spiro atoms. The van der Waals surface area contributed by atoms with E-state index in [1.165, 1.54) is 7.11 Å². The third-order valence-electron chi connectivity index (χ3n) is 2.09. The van der Waals surface area contributed by atoms with Crippen LogP contribution in [0.5, 0.6) is 5.75 Å².